The molecule has 0 unspecified atom stereocenters. The van der Waals surface area contributed by atoms with E-state index in [0.29, 0.717) is 12.3 Å². The second kappa shape index (κ2) is 5.02. The Morgan fingerprint density at radius 1 is 1.53 bits per heavy atom. The van der Waals surface area contributed by atoms with Gasteiger partial charge in [-0.1, -0.05) is 0 Å². The van der Waals surface area contributed by atoms with E-state index in [-0.39, 0.29) is 11.9 Å². The van der Waals surface area contributed by atoms with Gasteiger partial charge in [-0.15, -0.1) is 0 Å². The lowest BCUT2D eigenvalue weighted by molar-refractivity contribution is 0.00980. The Kier molecular flexibility index (Phi) is 3.64. The first-order valence-electron chi connectivity index (χ1n) is 5.84. The Balaban J connectivity index is 2.05. The third-order valence-electron chi connectivity index (χ3n) is 2.98. The zero-order chi connectivity index (χ0) is 12.4. The van der Waals surface area contributed by atoms with E-state index in [1.54, 1.807) is 6.07 Å². The molecule has 0 aromatic heterocycles. The maximum absolute atomic E-state index is 13.0. The number of aliphatic hydroxyl groups is 1. The number of benzene rings is 1. The molecule has 1 heterocycles. The second-order valence-electron chi connectivity index (χ2n) is 4.78. The van der Waals surface area contributed by atoms with Crippen molar-refractivity contribution in [3.63, 3.8) is 0 Å². The molecular formula is C13H18FNO2. The molecule has 0 fully saturated rings. The lowest BCUT2D eigenvalue weighted by Crippen LogP contribution is -2.41. The summed E-state index contributed by atoms with van der Waals surface area (Å²) in [6.45, 7) is 0.571. The molecule has 1 aromatic carbocycles. The third-order valence-corrected chi connectivity index (χ3v) is 2.98. The van der Waals surface area contributed by atoms with Crippen LogP contribution in [0.25, 0.3) is 0 Å². The summed E-state index contributed by atoms with van der Waals surface area (Å²) in [6.07, 6.45) is 0.770. The molecule has 4 heteroatoms. The largest absolute Gasteiger partial charge is 0.487 e. The van der Waals surface area contributed by atoms with Crippen molar-refractivity contribution in [2.45, 2.75) is 25.0 Å². The molecule has 0 bridgehead atoms. The molecule has 0 spiro atoms. The number of fused-ring (bicyclic) bond motifs is 1. The number of nitrogens with zero attached hydrogens (tertiary/aromatic N) is 1. The Labute approximate surface area is 101 Å². The Morgan fingerprint density at radius 3 is 3.00 bits per heavy atom. The summed E-state index contributed by atoms with van der Waals surface area (Å²) in [5.74, 6) is 0.458. The average molecular weight is 239 g/mol. The molecule has 1 aromatic rings. The van der Waals surface area contributed by atoms with E-state index in [0.717, 1.165) is 18.4 Å². The highest BCUT2D eigenvalue weighted by atomic mass is 19.1. The highest BCUT2D eigenvalue weighted by molar-refractivity contribution is 5.35. The van der Waals surface area contributed by atoms with Gasteiger partial charge in [-0.2, -0.15) is 0 Å². The van der Waals surface area contributed by atoms with E-state index >= 15 is 0 Å². The highest BCUT2D eigenvalue weighted by Gasteiger charge is 2.26. The van der Waals surface area contributed by atoms with Gasteiger partial charge in [0.05, 0.1) is 0 Å². The van der Waals surface area contributed by atoms with E-state index in [1.807, 2.05) is 19.0 Å². The van der Waals surface area contributed by atoms with Crippen LogP contribution in [0, 0.1) is 5.82 Å². The quantitative estimate of drug-likeness (QED) is 0.866. The molecule has 1 aliphatic rings. The molecule has 0 saturated heterocycles. The van der Waals surface area contributed by atoms with Gasteiger partial charge in [0.25, 0.3) is 0 Å². The van der Waals surface area contributed by atoms with Crippen molar-refractivity contribution in [2.24, 2.45) is 0 Å². The van der Waals surface area contributed by atoms with Crippen molar-refractivity contribution < 1.29 is 14.2 Å². The molecule has 1 aliphatic heterocycles. The van der Waals surface area contributed by atoms with Crippen LogP contribution in [0.15, 0.2) is 18.2 Å². The van der Waals surface area contributed by atoms with Gasteiger partial charge in [0.1, 0.15) is 23.8 Å². The number of halogens is 1. The first kappa shape index (κ1) is 12.3. The SMILES string of the molecule is CN(C)C[C@@H](O)[C@H]1CCc2cc(F)ccc2O1. The number of aryl methyl sites for hydroxylation is 1. The molecule has 17 heavy (non-hydrogen) atoms. The molecule has 94 valence electrons. The monoisotopic (exact) mass is 239 g/mol. The Bertz CT molecular complexity index is 395. The summed E-state index contributed by atoms with van der Waals surface area (Å²) in [5.41, 5.74) is 0.887. The summed E-state index contributed by atoms with van der Waals surface area (Å²) in [4.78, 5) is 1.92. The predicted molar refractivity (Wildman–Crippen MR) is 63.7 cm³/mol. The maximum atomic E-state index is 13.0. The fourth-order valence-corrected chi connectivity index (χ4v) is 2.14. The minimum atomic E-state index is -0.511. The summed E-state index contributed by atoms with van der Waals surface area (Å²) < 4.78 is 18.7. The summed E-state index contributed by atoms with van der Waals surface area (Å²) in [6, 6.07) is 4.53. The van der Waals surface area contributed by atoms with Crippen LogP contribution in [-0.4, -0.2) is 42.9 Å². The number of rotatable bonds is 3. The zero-order valence-corrected chi connectivity index (χ0v) is 10.2. The third kappa shape index (κ3) is 2.96. The van der Waals surface area contributed by atoms with Crippen molar-refractivity contribution >= 4 is 0 Å². The first-order valence-corrected chi connectivity index (χ1v) is 5.84. The van der Waals surface area contributed by atoms with Crippen molar-refractivity contribution in [3.05, 3.63) is 29.6 Å². The van der Waals surface area contributed by atoms with E-state index in [4.69, 9.17) is 4.74 Å². The van der Waals surface area contributed by atoms with Crippen LogP contribution in [0.3, 0.4) is 0 Å². The fourth-order valence-electron chi connectivity index (χ4n) is 2.14. The van der Waals surface area contributed by atoms with E-state index < -0.39 is 6.10 Å². The maximum Gasteiger partial charge on any atom is 0.126 e. The summed E-state index contributed by atoms with van der Waals surface area (Å²) in [7, 11) is 3.82. The molecule has 0 saturated carbocycles. The lowest BCUT2D eigenvalue weighted by atomic mass is 9.99. The molecule has 3 nitrogen and oxygen atoms in total. The van der Waals surface area contributed by atoms with Gasteiger partial charge in [0.15, 0.2) is 0 Å². The molecule has 2 rings (SSSR count). The van der Waals surface area contributed by atoms with Gasteiger partial charge >= 0.3 is 0 Å². The van der Waals surface area contributed by atoms with Gasteiger partial charge in [0.2, 0.25) is 0 Å². The van der Waals surface area contributed by atoms with Crippen molar-refractivity contribution in [3.8, 4) is 5.75 Å². The first-order chi connectivity index (χ1) is 8.06. The predicted octanol–water partition coefficient (Wildman–Crippen LogP) is 1.44. The molecule has 1 N–H and O–H groups in total. The normalized spacial score (nSPS) is 20.9. The number of hydrogen-bond acceptors (Lipinski definition) is 3. The van der Waals surface area contributed by atoms with Crippen LogP contribution < -0.4 is 4.74 Å². The van der Waals surface area contributed by atoms with Crippen LogP contribution in [-0.2, 0) is 6.42 Å². The van der Waals surface area contributed by atoms with Crippen molar-refractivity contribution in [2.75, 3.05) is 20.6 Å². The smallest absolute Gasteiger partial charge is 0.126 e. The van der Waals surface area contributed by atoms with Gasteiger partial charge in [-0.3, -0.25) is 0 Å². The number of hydrogen-bond donors (Lipinski definition) is 1. The van der Waals surface area contributed by atoms with Crippen molar-refractivity contribution in [1.82, 2.24) is 4.90 Å². The summed E-state index contributed by atoms with van der Waals surface area (Å²) >= 11 is 0. The molecular weight excluding hydrogens is 221 g/mol. The fraction of sp³-hybridized carbons (Fsp3) is 0.538. The van der Waals surface area contributed by atoms with Crippen LogP contribution in [0.5, 0.6) is 5.75 Å². The Hall–Kier alpha value is -1.13. The minimum absolute atomic E-state index is 0.199. The van der Waals surface area contributed by atoms with E-state index in [1.165, 1.54) is 12.1 Å². The van der Waals surface area contributed by atoms with Crippen LogP contribution in [0.4, 0.5) is 4.39 Å². The molecule has 0 aliphatic carbocycles. The molecule has 0 amide bonds. The van der Waals surface area contributed by atoms with Crippen molar-refractivity contribution in [1.29, 1.82) is 0 Å². The topological polar surface area (TPSA) is 32.7 Å². The van der Waals surface area contributed by atoms with E-state index in [2.05, 4.69) is 0 Å². The lowest BCUT2D eigenvalue weighted by Gasteiger charge is -2.30. The van der Waals surface area contributed by atoms with Gasteiger partial charge in [-0.05, 0) is 50.7 Å². The van der Waals surface area contributed by atoms with E-state index in [9.17, 15) is 9.50 Å². The van der Waals surface area contributed by atoms with Crippen LogP contribution in [0.1, 0.15) is 12.0 Å². The minimum Gasteiger partial charge on any atom is -0.487 e. The zero-order valence-electron chi connectivity index (χ0n) is 10.2. The molecule has 0 radical (unpaired) electrons. The number of aliphatic hydroxyl groups excluding tert-OH is 1. The average Bonchev–Trinajstić information content (AvgIpc) is 2.27. The van der Waals surface area contributed by atoms with Gasteiger partial charge in [0, 0.05) is 6.54 Å². The Morgan fingerprint density at radius 2 is 2.29 bits per heavy atom. The van der Waals surface area contributed by atoms with Gasteiger partial charge in [-0.25, -0.2) is 4.39 Å². The molecule has 2 atom stereocenters. The second-order valence-corrected chi connectivity index (χ2v) is 4.78. The number of likely N-dealkylation sites (N-methyl/N-ethyl adjacent to an activating group) is 1. The van der Waals surface area contributed by atoms with Gasteiger partial charge < -0.3 is 14.7 Å². The summed E-state index contributed by atoms with van der Waals surface area (Å²) in [5, 5.41) is 9.98. The number of ether oxygens (including phenoxy) is 1. The van der Waals surface area contributed by atoms with Crippen LogP contribution >= 0.6 is 0 Å². The van der Waals surface area contributed by atoms with Crippen LogP contribution in [0.2, 0.25) is 0 Å². The standard InChI is InChI=1S/C13H18FNO2/c1-15(2)8-11(16)13-5-3-9-7-10(14)4-6-12(9)17-13/h4,6-7,11,13,16H,3,5,8H2,1-2H3/t11-,13-/m1/s1. The highest BCUT2D eigenvalue weighted by Crippen LogP contribution is 2.29.